The zero-order chi connectivity index (χ0) is 11.8. The number of allylic oxidation sites excluding steroid dienone is 1. The molecule has 0 unspecified atom stereocenters. The maximum Gasteiger partial charge on any atom is 0.110 e. The Kier molecular flexibility index (Phi) is 6.49. The van der Waals surface area contributed by atoms with Crippen LogP contribution in [0.2, 0.25) is 0 Å². The van der Waals surface area contributed by atoms with Gasteiger partial charge in [0.15, 0.2) is 0 Å². The molecule has 0 radical (unpaired) electrons. The van der Waals surface area contributed by atoms with E-state index in [1.54, 1.807) is 0 Å². The highest BCUT2D eigenvalue weighted by atomic mass is 127. The molecule has 1 N–H and O–H groups in total. The molecule has 88 valence electrons. The van der Waals surface area contributed by atoms with E-state index in [-0.39, 0.29) is 0 Å². The number of nitrogens with one attached hydrogen (secondary N) is 1. The van der Waals surface area contributed by atoms with Crippen molar-refractivity contribution in [2.24, 2.45) is 0 Å². The molecule has 2 nitrogen and oxygen atoms in total. The highest BCUT2D eigenvalue weighted by Crippen LogP contribution is 2.08. The smallest absolute Gasteiger partial charge is 0.110 e. The molecule has 0 saturated carbocycles. The average Bonchev–Trinajstić information content (AvgIpc) is 2.29. The van der Waals surface area contributed by atoms with Crippen molar-refractivity contribution in [2.45, 2.75) is 32.9 Å². The Balaban J connectivity index is 2.40. The van der Waals surface area contributed by atoms with Crippen molar-refractivity contribution in [1.29, 1.82) is 0 Å². The highest BCUT2D eigenvalue weighted by Gasteiger charge is 1.96. The van der Waals surface area contributed by atoms with Crippen molar-refractivity contribution < 1.29 is 3.07 Å². The van der Waals surface area contributed by atoms with Crippen molar-refractivity contribution in [2.75, 3.05) is 0 Å². The number of benzene rings is 1. The van der Waals surface area contributed by atoms with E-state index in [1.165, 1.54) is 11.1 Å². The third-order valence-corrected chi connectivity index (χ3v) is 2.65. The van der Waals surface area contributed by atoms with Crippen LogP contribution in [0.15, 0.2) is 36.5 Å². The summed E-state index contributed by atoms with van der Waals surface area (Å²) in [6.07, 6.45) is 2.18. The molecular formula is C13H18INO. The third-order valence-electron chi connectivity index (χ3n) is 2.34. The topological polar surface area (TPSA) is 21.3 Å². The summed E-state index contributed by atoms with van der Waals surface area (Å²) < 4.78 is 5.04. The Morgan fingerprint density at radius 1 is 1.31 bits per heavy atom. The van der Waals surface area contributed by atoms with Crippen LogP contribution in [0.3, 0.4) is 0 Å². The summed E-state index contributed by atoms with van der Waals surface area (Å²) in [5.41, 5.74) is 3.59. The lowest BCUT2D eigenvalue weighted by atomic mass is 10.1. The van der Waals surface area contributed by atoms with Crippen LogP contribution >= 0.6 is 23.0 Å². The molecule has 16 heavy (non-hydrogen) atoms. The van der Waals surface area contributed by atoms with Gasteiger partial charge in [0.2, 0.25) is 0 Å². The Morgan fingerprint density at radius 3 is 2.50 bits per heavy atom. The summed E-state index contributed by atoms with van der Waals surface area (Å²) in [6.45, 7) is 7.65. The van der Waals surface area contributed by atoms with Gasteiger partial charge < -0.3 is 8.38 Å². The zero-order valence-electron chi connectivity index (χ0n) is 9.63. The fraction of sp³-hybridized carbons (Fsp3) is 0.385. The van der Waals surface area contributed by atoms with Gasteiger partial charge in [-0.15, -0.1) is 0 Å². The molecule has 0 aromatic heterocycles. The first-order valence-electron chi connectivity index (χ1n) is 5.49. The fourth-order valence-corrected chi connectivity index (χ4v) is 1.79. The van der Waals surface area contributed by atoms with Crippen molar-refractivity contribution >= 4 is 23.0 Å². The van der Waals surface area contributed by atoms with Gasteiger partial charge >= 0.3 is 0 Å². The van der Waals surface area contributed by atoms with Gasteiger partial charge in [0, 0.05) is 12.2 Å². The van der Waals surface area contributed by atoms with Gasteiger partial charge in [-0.1, -0.05) is 44.2 Å². The first-order valence-corrected chi connectivity index (χ1v) is 6.37. The van der Waals surface area contributed by atoms with Crippen LogP contribution in [0.5, 0.6) is 0 Å². The van der Waals surface area contributed by atoms with E-state index in [9.17, 15) is 0 Å². The standard InChI is InChI=1S/C13H18INO/c1-3-4-11(2)15-9-12-5-7-13(8-6-12)10-16-14/h5-8,15H,2-4,9-10H2,1H3. The van der Waals surface area contributed by atoms with Crippen LogP contribution in [0, 0.1) is 0 Å². The molecule has 1 aromatic carbocycles. The zero-order valence-corrected chi connectivity index (χ0v) is 11.8. The summed E-state index contributed by atoms with van der Waals surface area (Å²) >= 11 is 1.91. The Labute approximate surface area is 112 Å². The monoisotopic (exact) mass is 331 g/mol. The second-order valence-corrected chi connectivity index (χ2v) is 4.40. The van der Waals surface area contributed by atoms with E-state index < -0.39 is 0 Å². The van der Waals surface area contributed by atoms with Crippen molar-refractivity contribution in [1.82, 2.24) is 5.32 Å². The summed E-state index contributed by atoms with van der Waals surface area (Å²) in [4.78, 5) is 0. The molecule has 1 rings (SSSR count). The normalized spacial score (nSPS) is 10.1. The molecule has 0 aliphatic carbocycles. The van der Waals surface area contributed by atoms with Crippen LogP contribution in [0.1, 0.15) is 30.9 Å². The van der Waals surface area contributed by atoms with Crippen LogP contribution in [-0.2, 0) is 16.2 Å². The summed E-state index contributed by atoms with van der Waals surface area (Å²) in [6, 6.07) is 8.44. The molecule has 1 aromatic rings. The van der Waals surface area contributed by atoms with Crippen LogP contribution in [0.4, 0.5) is 0 Å². The van der Waals surface area contributed by atoms with Gasteiger partial charge in [0.05, 0.1) is 6.61 Å². The Hall–Kier alpha value is -0.550. The van der Waals surface area contributed by atoms with Crippen LogP contribution in [0.25, 0.3) is 0 Å². The van der Waals surface area contributed by atoms with E-state index in [0.717, 1.165) is 25.1 Å². The first-order chi connectivity index (χ1) is 7.76. The number of halogens is 1. The second-order valence-electron chi connectivity index (χ2n) is 3.78. The van der Waals surface area contributed by atoms with E-state index >= 15 is 0 Å². The van der Waals surface area contributed by atoms with Crippen LogP contribution in [-0.4, -0.2) is 0 Å². The van der Waals surface area contributed by atoms with Crippen molar-refractivity contribution in [3.8, 4) is 0 Å². The lowest BCUT2D eigenvalue weighted by Crippen LogP contribution is -2.11. The predicted molar refractivity (Wildman–Crippen MR) is 76.1 cm³/mol. The molecule has 3 heteroatoms. The first kappa shape index (κ1) is 13.5. The van der Waals surface area contributed by atoms with Crippen molar-refractivity contribution in [3.05, 3.63) is 47.7 Å². The largest absolute Gasteiger partial charge is 0.385 e. The van der Waals surface area contributed by atoms with Crippen molar-refractivity contribution in [3.63, 3.8) is 0 Å². The quantitative estimate of drug-likeness (QED) is 0.764. The molecule has 0 aliphatic rings. The molecule has 0 heterocycles. The maximum absolute atomic E-state index is 5.04. The van der Waals surface area contributed by atoms with Gasteiger partial charge in [0.25, 0.3) is 0 Å². The van der Waals surface area contributed by atoms with Gasteiger partial charge in [-0.25, -0.2) is 0 Å². The second kappa shape index (κ2) is 7.68. The van der Waals surface area contributed by atoms with E-state index in [0.29, 0.717) is 6.61 Å². The van der Waals surface area contributed by atoms with E-state index in [4.69, 9.17) is 3.07 Å². The van der Waals surface area contributed by atoms with Crippen LogP contribution < -0.4 is 5.32 Å². The molecular weight excluding hydrogens is 313 g/mol. The number of hydrogen-bond acceptors (Lipinski definition) is 2. The highest BCUT2D eigenvalue weighted by molar-refractivity contribution is 14.1. The predicted octanol–water partition coefficient (Wildman–Crippen LogP) is 3.96. The summed E-state index contributed by atoms with van der Waals surface area (Å²) in [5, 5.41) is 3.32. The minimum atomic E-state index is 0.664. The molecule has 0 aliphatic heterocycles. The lowest BCUT2D eigenvalue weighted by Gasteiger charge is -2.08. The molecule has 0 saturated heterocycles. The Bertz CT molecular complexity index is 321. The molecule has 0 spiro atoms. The minimum Gasteiger partial charge on any atom is -0.385 e. The van der Waals surface area contributed by atoms with E-state index in [2.05, 4.69) is 43.1 Å². The molecule has 0 fully saturated rings. The minimum absolute atomic E-state index is 0.664. The summed E-state index contributed by atoms with van der Waals surface area (Å²) in [5.74, 6) is 0. The SMILES string of the molecule is C=C(CCC)NCc1ccc(COI)cc1. The fourth-order valence-electron chi connectivity index (χ4n) is 1.43. The average molecular weight is 331 g/mol. The van der Waals surface area contributed by atoms with E-state index in [1.807, 2.05) is 23.0 Å². The maximum atomic E-state index is 5.04. The van der Waals surface area contributed by atoms with Gasteiger partial charge in [-0.05, 0) is 17.5 Å². The number of hydrogen-bond donors (Lipinski definition) is 1. The summed E-state index contributed by atoms with van der Waals surface area (Å²) in [7, 11) is 0. The Morgan fingerprint density at radius 2 is 1.94 bits per heavy atom. The number of rotatable bonds is 7. The molecule has 0 atom stereocenters. The third kappa shape index (κ3) is 4.99. The van der Waals surface area contributed by atoms with Gasteiger partial charge in [-0.2, -0.15) is 0 Å². The van der Waals surface area contributed by atoms with Gasteiger partial charge in [0.1, 0.15) is 23.0 Å². The lowest BCUT2D eigenvalue weighted by molar-refractivity contribution is 0.418. The van der Waals surface area contributed by atoms with Gasteiger partial charge in [-0.3, -0.25) is 0 Å². The molecule has 0 bridgehead atoms. The molecule has 0 amide bonds.